The largest absolute Gasteiger partial charge is 0.121 e. The molecule has 3 aromatic rings. The number of hydrogen-bond donors (Lipinski definition) is 0. The van der Waals surface area contributed by atoms with Gasteiger partial charge in [0.2, 0.25) is 0 Å². The van der Waals surface area contributed by atoms with E-state index in [0.717, 1.165) is 0 Å². The first kappa shape index (κ1) is 13.9. The summed E-state index contributed by atoms with van der Waals surface area (Å²) in [5, 5.41) is 0. The van der Waals surface area contributed by atoms with Crippen LogP contribution in [-0.4, -0.2) is 0 Å². The van der Waals surface area contributed by atoms with Gasteiger partial charge in [0.15, 0.2) is 0 Å². The smallest absolute Gasteiger partial charge is 0.0725 e. The SMILES string of the molecule is C1=CC=C2C(=CC=1)C1(c3ccccc32)c2ccccc2-c2ccccc21. The van der Waals surface area contributed by atoms with Crippen molar-refractivity contribution >= 4 is 5.57 Å². The predicted octanol–water partition coefficient (Wildman–Crippen LogP) is 6.05. The van der Waals surface area contributed by atoms with Gasteiger partial charge in [0.1, 0.15) is 0 Å². The zero-order valence-corrected chi connectivity index (χ0v) is 14.2. The van der Waals surface area contributed by atoms with Crippen molar-refractivity contribution < 1.29 is 0 Å². The van der Waals surface area contributed by atoms with E-state index in [9.17, 15) is 0 Å². The molecule has 0 heteroatoms. The molecule has 0 aliphatic heterocycles. The Morgan fingerprint density at radius 1 is 0.538 bits per heavy atom. The second kappa shape index (κ2) is 4.85. The van der Waals surface area contributed by atoms with Gasteiger partial charge in [-0.3, -0.25) is 0 Å². The number of hydrogen-bond acceptors (Lipinski definition) is 0. The van der Waals surface area contributed by atoms with Gasteiger partial charge in [-0.05, 0) is 68.8 Å². The third-order valence-electron chi connectivity index (χ3n) is 5.96. The summed E-state index contributed by atoms with van der Waals surface area (Å²) < 4.78 is 0. The molecule has 0 aromatic heterocycles. The lowest BCUT2D eigenvalue weighted by Gasteiger charge is -2.30. The number of benzene rings is 3. The summed E-state index contributed by atoms with van der Waals surface area (Å²) >= 11 is 0. The van der Waals surface area contributed by atoms with Crippen molar-refractivity contribution in [2.45, 2.75) is 5.41 Å². The molecule has 0 amide bonds. The van der Waals surface area contributed by atoms with E-state index in [4.69, 9.17) is 0 Å². The summed E-state index contributed by atoms with van der Waals surface area (Å²) in [4.78, 5) is 0. The van der Waals surface area contributed by atoms with Crippen LogP contribution in [0.15, 0.2) is 108 Å². The zero-order valence-electron chi connectivity index (χ0n) is 14.2. The molecule has 0 saturated carbocycles. The summed E-state index contributed by atoms with van der Waals surface area (Å²) in [5.74, 6) is 0. The van der Waals surface area contributed by atoms with E-state index >= 15 is 0 Å². The van der Waals surface area contributed by atoms with Gasteiger partial charge in [-0.2, -0.15) is 0 Å². The number of allylic oxidation sites excluding steroid dienone is 5. The lowest BCUT2D eigenvalue weighted by molar-refractivity contribution is 0.795. The molecule has 1 spiro atoms. The minimum absolute atomic E-state index is 0.230. The summed E-state index contributed by atoms with van der Waals surface area (Å²) in [6.07, 6.45) is 8.55. The van der Waals surface area contributed by atoms with Crippen molar-refractivity contribution in [2.75, 3.05) is 0 Å². The average molecular weight is 328 g/mol. The standard InChI is InChI=1S/C26H16/c1-2-10-18-19-11-4-7-15-23(19)26(22(18)14-3-1)24-16-8-5-12-20(24)21-13-6-9-17-25(21)26/h2-17H. The van der Waals surface area contributed by atoms with Crippen LogP contribution in [0, 0.1) is 0 Å². The minimum Gasteiger partial charge on any atom is -0.121 e. The molecular weight excluding hydrogens is 312 g/mol. The summed E-state index contributed by atoms with van der Waals surface area (Å²) in [7, 11) is 0. The molecule has 6 rings (SSSR count). The summed E-state index contributed by atoms with van der Waals surface area (Å²) in [6.45, 7) is 0. The molecule has 3 aliphatic carbocycles. The Bertz CT molecular complexity index is 1160. The highest BCUT2D eigenvalue weighted by Crippen LogP contribution is 2.63. The van der Waals surface area contributed by atoms with E-state index in [-0.39, 0.29) is 5.41 Å². The molecule has 120 valence electrons. The highest BCUT2D eigenvalue weighted by molar-refractivity contribution is 6.00. The van der Waals surface area contributed by atoms with Gasteiger partial charge in [-0.25, -0.2) is 0 Å². The van der Waals surface area contributed by atoms with Crippen molar-refractivity contribution in [3.05, 3.63) is 131 Å². The monoisotopic (exact) mass is 328 g/mol. The van der Waals surface area contributed by atoms with Crippen LogP contribution in [0.25, 0.3) is 16.7 Å². The van der Waals surface area contributed by atoms with Crippen LogP contribution in [0.2, 0.25) is 0 Å². The Balaban J connectivity index is 1.86. The Morgan fingerprint density at radius 3 is 1.69 bits per heavy atom. The van der Waals surface area contributed by atoms with E-state index in [1.165, 1.54) is 44.5 Å². The molecule has 0 atom stereocenters. The van der Waals surface area contributed by atoms with Crippen LogP contribution in [0.4, 0.5) is 0 Å². The van der Waals surface area contributed by atoms with Gasteiger partial charge < -0.3 is 0 Å². The molecular formula is C26H16. The molecule has 0 heterocycles. The quantitative estimate of drug-likeness (QED) is 0.441. The summed E-state index contributed by atoms with van der Waals surface area (Å²) in [5.41, 5.74) is 13.9. The molecule has 0 saturated heterocycles. The lowest BCUT2D eigenvalue weighted by Crippen LogP contribution is -2.25. The third kappa shape index (κ3) is 1.47. The second-order valence-corrected chi connectivity index (χ2v) is 7.05. The van der Waals surface area contributed by atoms with E-state index < -0.39 is 0 Å². The van der Waals surface area contributed by atoms with Crippen LogP contribution in [0.3, 0.4) is 0 Å². The highest BCUT2D eigenvalue weighted by atomic mass is 14.5. The van der Waals surface area contributed by atoms with E-state index in [0.29, 0.717) is 0 Å². The second-order valence-electron chi connectivity index (χ2n) is 7.05. The van der Waals surface area contributed by atoms with E-state index in [2.05, 4.69) is 96.8 Å². The van der Waals surface area contributed by atoms with Gasteiger partial charge in [-0.1, -0.05) is 72.8 Å². The Morgan fingerprint density at radius 2 is 1.04 bits per heavy atom. The first-order valence-electron chi connectivity index (χ1n) is 9.05. The molecule has 3 aliphatic rings. The molecule has 0 nitrogen and oxygen atoms in total. The first-order chi connectivity index (χ1) is 12.9. The normalized spacial score (nSPS) is 17.1. The van der Waals surface area contributed by atoms with Crippen LogP contribution in [-0.2, 0) is 5.41 Å². The third-order valence-corrected chi connectivity index (χ3v) is 5.96. The maximum Gasteiger partial charge on any atom is 0.0725 e. The fourth-order valence-corrected chi connectivity index (χ4v) is 5.07. The van der Waals surface area contributed by atoms with Crippen molar-refractivity contribution in [3.63, 3.8) is 0 Å². The molecule has 0 radical (unpaired) electrons. The first-order valence-corrected chi connectivity index (χ1v) is 9.05. The van der Waals surface area contributed by atoms with Crippen LogP contribution in [0.5, 0.6) is 0 Å². The van der Waals surface area contributed by atoms with Crippen LogP contribution in [0.1, 0.15) is 22.3 Å². The molecule has 0 unspecified atom stereocenters. The highest BCUT2D eigenvalue weighted by Gasteiger charge is 2.52. The molecule has 0 N–H and O–H groups in total. The Hall–Kier alpha value is -3.34. The van der Waals surface area contributed by atoms with Gasteiger partial charge >= 0.3 is 0 Å². The fraction of sp³-hybridized carbons (Fsp3) is 0.0385. The molecule has 0 bridgehead atoms. The lowest BCUT2D eigenvalue weighted by atomic mass is 9.70. The van der Waals surface area contributed by atoms with E-state index in [1.54, 1.807) is 0 Å². The Labute approximate surface area is 153 Å². The maximum absolute atomic E-state index is 3.26. The molecule has 26 heavy (non-hydrogen) atoms. The Kier molecular flexibility index (Phi) is 2.59. The maximum atomic E-state index is 3.26. The van der Waals surface area contributed by atoms with E-state index in [1.807, 2.05) is 6.08 Å². The zero-order chi connectivity index (χ0) is 17.1. The van der Waals surface area contributed by atoms with Gasteiger partial charge in [0, 0.05) is 0 Å². The topological polar surface area (TPSA) is 0 Å². The van der Waals surface area contributed by atoms with Crippen LogP contribution >= 0.6 is 0 Å². The van der Waals surface area contributed by atoms with Crippen molar-refractivity contribution in [3.8, 4) is 11.1 Å². The van der Waals surface area contributed by atoms with Crippen LogP contribution < -0.4 is 0 Å². The van der Waals surface area contributed by atoms with Gasteiger partial charge in [-0.15, -0.1) is 5.73 Å². The molecule has 3 aromatic carbocycles. The predicted molar refractivity (Wildman–Crippen MR) is 107 cm³/mol. The van der Waals surface area contributed by atoms with Gasteiger partial charge in [0.25, 0.3) is 0 Å². The van der Waals surface area contributed by atoms with Crippen molar-refractivity contribution in [1.29, 1.82) is 0 Å². The molecule has 0 fully saturated rings. The van der Waals surface area contributed by atoms with Crippen molar-refractivity contribution in [1.82, 2.24) is 0 Å². The summed E-state index contributed by atoms with van der Waals surface area (Å²) in [6, 6.07) is 26.6. The van der Waals surface area contributed by atoms with Crippen molar-refractivity contribution in [2.24, 2.45) is 0 Å². The number of fused-ring (bicyclic) bond motifs is 10. The average Bonchev–Trinajstić information content (AvgIpc) is 3.00. The fourth-order valence-electron chi connectivity index (χ4n) is 5.07. The van der Waals surface area contributed by atoms with Gasteiger partial charge in [0.05, 0.1) is 5.41 Å². The minimum atomic E-state index is -0.230. The number of rotatable bonds is 0.